The SMILES string of the molecule is NC(=O)OCCn1c(CCl)nc2ccc(F)cc21. The zero-order chi connectivity index (χ0) is 13.1. The van der Waals surface area contributed by atoms with Gasteiger partial charge in [-0.25, -0.2) is 14.2 Å². The minimum absolute atomic E-state index is 0.0845. The van der Waals surface area contributed by atoms with Gasteiger partial charge in [0, 0.05) is 0 Å². The second-order valence-corrected chi connectivity index (χ2v) is 3.88. The molecule has 0 saturated heterocycles. The van der Waals surface area contributed by atoms with Gasteiger partial charge >= 0.3 is 6.09 Å². The minimum Gasteiger partial charge on any atom is -0.448 e. The number of nitrogens with two attached hydrogens (primary N) is 1. The predicted octanol–water partition coefficient (Wildman–Crippen LogP) is 2.01. The van der Waals surface area contributed by atoms with Crippen LogP contribution in [0.5, 0.6) is 0 Å². The maximum atomic E-state index is 13.2. The van der Waals surface area contributed by atoms with Crippen molar-refractivity contribution in [3.8, 4) is 0 Å². The Morgan fingerprint density at radius 2 is 2.33 bits per heavy atom. The summed E-state index contributed by atoms with van der Waals surface area (Å²) in [5.74, 6) is 0.415. The standard InChI is InChI=1S/C11H11ClFN3O2/c12-6-10-15-8-2-1-7(13)5-9(8)16(10)3-4-18-11(14)17/h1-2,5H,3-4,6H2,(H2,14,17). The van der Waals surface area contributed by atoms with Gasteiger partial charge in [0.25, 0.3) is 0 Å². The van der Waals surface area contributed by atoms with E-state index in [1.807, 2.05) is 0 Å². The van der Waals surface area contributed by atoms with E-state index >= 15 is 0 Å². The number of benzene rings is 1. The lowest BCUT2D eigenvalue weighted by Crippen LogP contribution is -2.17. The number of hydrogen-bond donors (Lipinski definition) is 1. The van der Waals surface area contributed by atoms with Crippen LogP contribution in [0.25, 0.3) is 11.0 Å². The molecular weight excluding hydrogens is 261 g/mol. The number of primary amides is 1. The molecule has 2 N–H and O–H groups in total. The summed E-state index contributed by atoms with van der Waals surface area (Å²) in [5.41, 5.74) is 6.12. The highest BCUT2D eigenvalue weighted by atomic mass is 35.5. The Morgan fingerprint density at radius 1 is 1.56 bits per heavy atom. The van der Waals surface area contributed by atoms with Crippen LogP contribution in [0.4, 0.5) is 9.18 Å². The minimum atomic E-state index is -0.849. The topological polar surface area (TPSA) is 70.1 Å². The van der Waals surface area contributed by atoms with Crippen molar-refractivity contribution in [3.05, 3.63) is 29.8 Å². The summed E-state index contributed by atoms with van der Waals surface area (Å²) in [5, 5.41) is 0. The molecule has 2 aromatic rings. The Balaban J connectivity index is 2.33. The molecule has 0 bridgehead atoms. The summed E-state index contributed by atoms with van der Waals surface area (Å²) in [6, 6.07) is 4.27. The maximum absolute atomic E-state index is 13.2. The lowest BCUT2D eigenvalue weighted by molar-refractivity contribution is 0.152. The molecule has 0 unspecified atom stereocenters. The first-order chi connectivity index (χ1) is 8.61. The van der Waals surface area contributed by atoms with E-state index in [0.717, 1.165) is 0 Å². The fourth-order valence-corrected chi connectivity index (χ4v) is 1.94. The number of halogens is 2. The molecule has 0 aliphatic carbocycles. The van der Waals surface area contributed by atoms with Crippen LogP contribution in [0.1, 0.15) is 5.82 Å². The number of carbonyl (C=O) groups is 1. The van der Waals surface area contributed by atoms with Crippen molar-refractivity contribution in [2.24, 2.45) is 5.73 Å². The lowest BCUT2D eigenvalue weighted by Gasteiger charge is -2.07. The molecule has 0 radical (unpaired) electrons. The van der Waals surface area contributed by atoms with Crippen molar-refractivity contribution < 1.29 is 13.9 Å². The van der Waals surface area contributed by atoms with Gasteiger partial charge in [0.2, 0.25) is 0 Å². The summed E-state index contributed by atoms with van der Waals surface area (Å²) in [6.07, 6.45) is -0.849. The molecule has 0 atom stereocenters. The summed E-state index contributed by atoms with van der Waals surface area (Å²) in [7, 11) is 0. The molecule has 7 heteroatoms. The van der Waals surface area contributed by atoms with Crippen LogP contribution in [0.3, 0.4) is 0 Å². The van der Waals surface area contributed by atoms with Crippen molar-refractivity contribution in [2.45, 2.75) is 12.4 Å². The first-order valence-corrected chi connectivity index (χ1v) is 5.78. The molecule has 0 spiro atoms. The van der Waals surface area contributed by atoms with E-state index in [0.29, 0.717) is 23.4 Å². The van der Waals surface area contributed by atoms with E-state index in [4.69, 9.17) is 17.3 Å². The summed E-state index contributed by atoms with van der Waals surface area (Å²) in [4.78, 5) is 14.8. The number of imidazole rings is 1. The lowest BCUT2D eigenvalue weighted by atomic mass is 10.3. The number of rotatable bonds is 4. The molecule has 1 aromatic carbocycles. The normalized spacial score (nSPS) is 10.8. The second kappa shape index (κ2) is 5.22. The summed E-state index contributed by atoms with van der Waals surface area (Å²) >= 11 is 5.78. The molecule has 5 nitrogen and oxygen atoms in total. The van der Waals surface area contributed by atoms with Gasteiger partial charge < -0.3 is 15.0 Å². The average molecular weight is 272 g/mol. The molecule has 0 saturated carbocycles. The van der Waals surface area contributed by atoms with Crippen LogP contribution >= 0.6 is 11.6 Å². The van der Waals surface area contributed by atoms with E-state index in [9.17, 15) is 9.18 Å². The first kappa shape index (κ1) is 12.6. The van der Waals surface area contributed by atoms with Gasteiger partial charge in [-0.05, 0) is 18.2 Å². The summed E-state index contributed by atoms with van der Waals surface area (Å²) in [6.45, 7) is 0.409. The Morgan fingerprint density at radius 3 is 3.00 bits per heavy atom. The van der Waals surface area contributed by atoms with Gasteiger partial charge in [-0.15, -0.1) is 11.6 Å². The molecule has 18 heavy (non-hydrogen) atoms. The third-order valence-corrected chi connectivity index (χ3v) is 2.71. The zero-order valence-electron chi connectivity index (χ0n) is 9.40. The third kappa shape index (κ3) is 2.53. The van der Waals surface area contributed by atoms with Crippen molar-refractivity contribution in [3.63, 3.8) is 0 Å². The summed E-state index contributed by atoms with van der Waals surface area (Å²) < 4.78 is 19.6. The van der Waals surface area contributed by atoms with Gasteiger partial charge in [-0.1, -0.05) is 0 Å². The van der Waals surface area contributed by atoms with Crippen molar-refractivity contribution >= 4 is 28.7 Å². The Labute approximate surface area is 107 Å². The van der Waals surface area contributed by atoms with Gasteiger partial charge in [-0.2, -0.15) is 0 Å². The molecule has 0 fully saturated rings. The number of aromatic nitrogens is 2. The fraction of sp³-hybridized carbons (Fsp3) is 0.273. The number of nitrogens with zero attached hydrogens (tertiary/aromatic N) is 2. The van der Waals surface area contributed by atoms with Crippen molar-refractivity contribution in [2.75, 3.05) is 6.61 Å². The maximum Gasteiger partial charge on any atom is 0.404 e. The first-order valence-electron chi connectivity index (χ1n) is 5.24. The van der Waals surface area contributed by atoms with Crippen LogP contribution in [-0.2, 0) is 17.2 Å². The van der Waals surface area contributed by atoms with Crippen LogP contribution in [0.15, 0.2) is 18.2 Å². The number of alkyl halides is 1. The van der Waals surface area contributed by atoms with E-state index in [2.05, 4.69) is 9.72 Å². The Hall–Kier alpha value is -1.82. The highest BCUT2D eigenvalue weighted by Crippen LogP contribution is 2.18. The quantitative estimate of drug-likeness (QED) is 0.865. The van der Waals surface area contributed by atoms with Gasteiger partial charge in [-0.3, -0.25) is 0 Å². The van der Waals surface area contributed by atoms with Crippen LogP contribution < -0.4 is 5.73 Å². The highest BCUT2D eigenvalue weighted by Gasteiger charge is 2.10. The highest BCUT2D eigenvalue weighted by molar-refractivity contribution is 6.16. The van der Waals surface area contributed by atoms with Crippen LogP contribution in [0.2, 0.25) is 0 Å². The molecule has 96 valence electrons. The van der Waals surface area contributed by atoms with Gasteiger partial charge in [0.1, 0.15) is 18.2 Å². The molecular formula is C11H11ClFN3O2. The number of fused-ring (bicyclic) bond motifs is 1. The average Bonchev–Trinajstić information content (AvgIpc) is 2.66. The number of ether oxygens (including phenoxy) is 1. The zero-order valence-corrected chi connectivity index (χ0v) is 10.2. The molecule has 0 aliphatic heterocycles. The number of carbonyl (C=O) groups excluding carboxylic acids is 1. The van der Waals surface area contributed by atoms with Gasteiger partial charge in [0.05, 0.1) is 23.5 Å². The van der Waals surface area contributed by atoms with Crippen LogP contribution in [-0.4, -0.2) is 22.3 Å². The third-order valence-electron chi connectivity index (χ3n) is 2.47. The number of amides is 1. The largest absolute Gasteiger partial charge is 0.448 e. The molecule has 2 rings (SSSR count). The predicted molar refractivity (Wildman–Crippen MR) is 64.8 cm³/mol. The van der Waals surface area contributed by atoms with Crippen molar-refractivity contribution in [1.29, 1.82) is 0 Å². The molecule has 1 amide bonds. The fourth-order valence-electron chi connectivity index (χ4n) is 1.73. The monoisotopic (exact) mass is 271 g/mol. The molecule has 1 heterocycles. The van der Waals surface area contributed by atoms with E-state index < -0.39 is 6.09 Å². The van der Waals surface area contributed by atoms with Crippen LogP contribution in [0, 0.1) is 5.82 Å². The smallest absolute Gasteiger partial charge is 0.404 e. The molecule has 1 aromatic heterocycles. The van der Waals surface area contributed by atoms with E-state index in [1.165, 1.54) is 12.1 Å². The Kier molecular flexibility index (Phi) is 3.66. The van der Waals surface area contributed by atoms with E-state index in [1.54, 1.807) is 10.6 Å². The number of hydrogen-bond acceptors (Lipinski definition) is 3. The Bertz CT molecular complexity index is 585. The second-order valence-electron chi connectivity index (χ2n) is 3.61. The van der Waals surface area contributed by atoms with Crippen molar-refractivity contribution in [1.82, 2.24) is 9.55 Å². The molecule has 0 aliphatic rings. The van der Waals surface area contributed by atoms with Gasteiger partial charge in [0.15, 0.2) is 0 Å². The van der Waals surface area contributed by atoms with E-state index in [-0.39, 0.29) is 18.3 Å².